The topological polar surface area (TPSA) is 36.4 Å². The van der Waals surface area contributed by atoms with Gasteiger partial charge in [-0.05, 0) is 82.6 Å². The van der Waals surface area contributed by atoms with Crippen LogP contribution in [0.15, 0.2) is 42.6 Å². The first-order valence-corrected chi connectivity index (χ1v) is 12.6. The molecule has 2 saturated heterocycles. The van der Waals surface area contributed by atoms with Gasteiger partial charge in [-0.3, -0.25) is 4.79 Å². The van der Waals surface area contributed by atoms with Gasteiger partial charge < -0.3 is 9.80 Å². The normalized spacial score (nSPS) is 25.8. The molecule has 1 aromatic heterocycles. The van der Waals surface area contributed by atoms with Crippen molar-refractivity contribution in [3.8, 4) is 0 Å². The van der Waals surface area contributed by atoms with Gasteiger partial charge in [-0.15, -0.1) is 0 Å². The average molecular weight is 432 g/mol. The molecule has 5 rings (SSSR count). The maximum Gasteiger partial charge on any atom is 0.167 e. The lowest BCUT2D eigenvalue weighted by Crippen LogP contribution is -2.54. The van der Waals surface area contributed by atoms with Crippen molar-refractivity contribution in [2.75, 3.05) is 9.80 Å². The van der Waals surface area contributed by atoms with E-state index in [-0.39, 0.29) is 11.7 Å². The molecule has 4 nitrogen and oxygen atoms in total. The lowest BCUT2D eigenvalue weighted by Gasteiger charge is -2.47. The van der Waals surface area contributed by atoms with Crippen LogP contribution in [-0.2, 0) is 0 Å². The van der Waals surface area contributed by atoms with E-state index in [0.29, 0.717) is 30.1 Å². The number of carbonyl (C=O) groups excluding carboxylic acids is 1. The quantitative estimate of drug-likeness (QED) is 0.501. The van der Waals surface area contributed by atoms with E-state index in [1.165, 1.54) is 36.9 Å². The summed E-state index contributed by atoms with van der Waals surface area (Å²) in [6.07, 6.45) is 8.74. The van der Waals surface area contributed by atoms with E-state index < -0.39 is 0 Å². The molecule has 0 amide bonds. The molecule has 2 aromatic rings. The summed E-state index contributed by atoms with van der Waals surface area (Å²) in [5, 5.41) is 0. The number of carbonyl (C=O) groups is 1. The Bertz CT molecular complexity index is 934. The van der Waals surface area contributed by atoms with Crippen molar-refractivity contribution >= 4 is 17.3 Å². The second-order valence-electron chi connectivity index (χ2n) is 10.7. The Labute approximate surface area is 193 Å². The summed E-state index contributed by atoms with van der Waals surface area (Å²) < 4.78 is 0. The highest BCUT2D eigenvalue weighted by atomic mass is 16.1. The van der Waals surface area contributed by atoms with Crippen molar-refractivity contribution < 1.29 is 4.79 Å². The Morgan fingerprint density at radius 3 is 2.16 bits per heavy atom. The number of benzene rings is 1. The Morgan fingerprint density at radius 2 is 1.62 bits per heavy atom. The number of hydrogen-bond donors (Lipinski definition) is 0. The van der Waals surface area contributed by atoms with Gasteiger partial charge in [0.25, 0.3) is 0 Å². The molecule has 0 N–H and O–H groups in total. The summed E-state index contributed by atoms with van der Waals surface area (Å²) in [5.74, 6) is 2.19. The number of aryl methyl sites for hydroxylation is 1. The number of rotatable bonds is 7. The van der Waals surface area contributed by atoms with E-state index in [1.54, 1.807) is 0 Å². The number of hydrogen-bond acceptors (Lipinski definition) is 4. The Hall–Kier alpha value is -2.36. The van der Waals surface area contributed by atoms with Crippen molar-refractivity contribution in [3.63, 3.8) is 0 Å². The molecular weight excluding hydrogens is 394 g/mol. The molecule has 32 heavy (non-hydrogen) atoms. The number of piperidine rings is 1. The van der Waals surface area contributed by atoms with Gasteiger partial charge in [0.05, 0.1) is 0 Å². The molecule has 3 atom stereocenters. The molecule has 1 aromatic carbocycles. The van der Waals surface area contributed by atoms with Crippen molar-refractivity contribution in [1.82, 2.24) is 4.98 Å². The fourth-order valence-corrected chi connectivity index (χ4v) is 5.83. The predicted molar refractivity (Wildman–Crippen MR) is 132 cm³/mol. The van der Waals surface area contributed by atoms with Crippen LogP contribution in [0.2, 0.25) is 0 Å². The van der Waals surface area contributed by atoms with E-state index >= 15 is 0 Å². The fraction of sp³-hybridized carbons (Fsp3) is 0.571. The molecule has 3 heterocycles. The Morgan fingerprint density at radius 1 is 0.969 bits per heavy atom. The zero-order chi connectivity index (χ0) is 22.4. The van der Waals surface area contributed by atoms with Crippen LogP contribution in [0.25, 0.3) is 0 Å². The van der Waals surface area contributed by atoms with E-state index in [1.807, 2.05) is 12.3 Å². The van der Waals surface area contributed by atoms with Gasteiger partial charge >= 0.3 is 0 Å². The number of Topliss-reactive ketones (excluding diaryl/α,β-unsaturated/α-hetero) is 1. The number of anilines is 2. The third-order valence-electron chi connectivity index (χ3n) is 8.08. The van der Waals surface area contributed by atoms with Crippen LogP contribution in [-0.4, -0.2) is 34.9 Å². The number of nitrogens with zero attached hydrogens (tertiary/aromatic N) is 3. The van der Waals surface area contributed by atoms with Crippen LogP contribution in [0.1, 0.15) is 75.2 Å². The van der Waals surface area contributed by atoms with Gasteiger partial charge in [0.2, 0.25) is 0 Å². The van der Waals surface area contributed by atoms with Crippen LogP contribution in [0.5, 0.6) is 0 Å². The first-order valence-electron chi connectivity index (χ1n) is 12.6. The highest BCUT2D eigenvalue weighted by Crippen LogP contribution is 2.42. The Balaban J connectivity index is 1.36. The summed E-state index contributed by atoms with van der Waals surface area (Å²) >= 11 is 0. The highest BCUT2D eigenvalue weighted by molar-refractivity contribution is 5.99. The van der Waals surface area contributed by atoms with Gasteiger partial charge in [0.15, 0.2) is 5.78 Å². The van der Waals surface area contributed by atoms with Gasteiger partial charge in [-0.2, -0.15) is 0 Å². The molecule has 0 radical (unpaired) electrons. The molecule has 3 fully saturated rings. The van der Waals surface area contributed by atoms with Gasteiger partial charge in [0, 0.05) is 47.5 Å². The van der Waals surface area contributed by atoms with E-state index in [2.05, 4.69) is 67.8 Å². The molecule has 170 valence electrons. The van der Waals surface area contributed by atoms with Crippen molar-refractivity contribution in [1.29, 1.82) is 0 Å². The number of ketones is 1. The molecular formula is C28H37N3O. The largest absolute Gasteiger partial charge is 0.365 e. The fourth-order valence-electron chi connectivity index (χ4n) is 5.83. The van der Waals surface area contributed by atoms with E-state index in [9.17, 15) is 4.79 Å². The van der Waals surface area contributed by atoms with Crippen molar-refractivity contribution in [3.05, 3.63) is 53.7 Å². The third-order valence-corrected chi connectivity index (χ3v) is 8.08. The van der Waals surface area contributed by atoms with Gasteiger partial charge in [-0.1, -0.05) is 31.5 Å². The molecule has 2 unspecified atom stereocenters. The maximum atomic E-state index is 12.4. The maximum absolute atomic E-state index is 12.4. The molecule has 2 bridgehead atoms. The number of fused-ring (bicyclic) bond motifs is 2. The minimum absolute atomic E-state index is 0.255. The second kappa shape index (κ2) is 8.53. The van der Waals surface area contributed by atoms with Crippen LogP contribution in [0, 0.1) is 18.8 Å². The van der Waals surface area contributed by atoms with Gasteiger partial charge in [0.1, 0.15) is 5.82 Å². The zero-order valence-electron chi connectivity index (χ0n) is 20.0. The Kier molecular flexibility index (Phi) is 5.73. The summed E-state index contributed by atoms with van der Waals surface area (Å²) in [6, 6.07) is 15.3. The van der Waals surface area contributed by atoms with Gasteiger partial charge in [-0.25, -0.2) is 4.98 Å². The summed E-state index contributed by atoms with van der Waals surface area (Å²) in [5.41, 5.74) is 3.46. The lowest BCUT2D eigenvalue weighted by atomic mass is 9.91. The van der Waals surface area contributed by atoms with E-state index in [0.717, 1.165) is 24.2 Å². The molecule has 1 aliphatic carbocycles. The minimum atomic E-state index is 0.255. The van der Waals surface area contributed by atoms with Crippen molar-refractivity contribution in [2.45, 2.75) is 90.4 Å². The standard InChI is InChI=1S/C28H37N3O/c1-18(2)20(4)30(23-10-5-19(3)6-11-23)26-15-24-12-13-25(16-26)31(24)27-14-9-22(17-29-27)28(32)21-7-8-21/h5-6,9-11,14,17-18,20-21,24-26H,7-8,12-13,15-16H2,1-4H3/t20-,24?,25?,26?/m1/s1. The summed E-state index contributed by atoms with van der Waals surface area (Å²) in [6.45, 7) is 9.22. The summed E-state index contributed by atoms with van der Waals surface area (Å²) in [7, 11) is 0. The molecule has 2 aliphatic heterocycles. The van der Waals surface area contributed by atoms with Crippen LogP contribution >= 0.6 is 0 Å². The molecule has 1 saturated carbocycles. The lowest BCUT2D eigenvalue weighted by molar-refractivity contribution is 0.0967. The van der Waals surface area contributed by atoms with E-state index in [4.69, 9.17) is 4.98 Å². The zero-order valence-corrected chi connectivity index (χ0v) is 20.0. The average Bonchev–Trinajstić information content (AvgIpc) is 3.60. The second-order valence-corrected chi connectivity index (χ2v) is 10.7. The molecule has 0 spiro atoms. The predicted octanol–water partition coefficient (Wildman–Crippen LogP) is 6.03. The highest BCUT2D eigenvalue weighted by Gasteiger charge is 2.44. The molecule has 3 aliphatic rings. The monoisotopic (exact) mass is 431 g/mol. The van der Waals surface area contributed by atoms with Crippen LogP contribution in [0.4, 0.5) is 11.5 Å². The third kappa shape index (κ3) is 4.04. The number of aromatic nitrogens is 1. The van der Waals surface area contributed by atoms with Crippen LogP contribution < -0.4 is 9.80 Å². The summed E-state index contributed by atoms with van der Waals surface area (Å²) in [4.78, 5) is 22.4. The van der Waals surface area contributed by atoms with Crippen LogP contribution in [0.3, 0.4) is 0 Å². The first kappa shape index (κ1) is 21.5. The molecule has 4 heteroatoms. The smallest absolute Gasteiger partial charge is 0.167 e. The first-order chi connectivity index (χ1) is 15.4. The SMILES string of the molecule is Cc1ccc(N(C2CC3CCC(C2)N3c2ccc(C(=O)C3CC3)cn2)[C@H](C)C(C)C)cc1. The minimum Gasteiger partial charge on any atom is -0.365 e. The van der Waals surface area contributed by atoms with Crippen molar-refractivity contribution in [2.24, 2.45) is 11.8 Å². The number of pyridine rings is 1.